The van der Waals surface area contributed by atoms with Crippen molar-refractivity contribution in [1.82, 2.24) is 9.29 Å². The summed E-state index contributed by atoms with van der Waals surface area (Å²) in [6.45, 7) is 1.79. The number of fused-ring (bicyclic) bond motifs is 1. The number of amides is 1. The predicted molar refractivity (Wildman–Crippen MR) is 113 cm³/mol. The molecule has 0 radical (unpaired) electrons. The smallest absolute Gasteiger partial charge is 0.242 e. The summed E-state index contributed by atoms with van der Waals surface area (Å²) in [6.07, 6.45) is 0. The Hall–Kier alpha value is -2.42. The molecule has 1 amide bonds. The van der Waals surface area contributed by atoms with Gasteiger partial charge in [-0.15, -0.1) is 0 Å². The number of hydrogen-bond donors (Lipinski definition) is 1. The van der Waals surface area contributed by atoms with Crippen molar-refractivity contribution in [2.75, 3.05) is 19.4 Å². The molecule has 0 fully saturated rings. The van der Waals surface area contributed by atoms with E-state index < -0.39 is 15.3 Å². The van der Waals surface area contributed by atoms with Gasteiger partial charge in [0.2, 0.25) is 15.9 Å². The standard InChI is InChI=1S/C20H21N3O3S2/c1-14(27-19-12-11-15-7-4-5-10-18(15)22-19)20(24)21-16-8-6-9-17(13-16)28(25,26)23(2)3/h4-14H,1-3H3,(H,21,24)/t14-/m1/s1. The molecule has 0 aliphatic rings. The molecule has 8 heteroatoms. The first-order valence-electron chi connectivity index (χ1n) is 8.63. The molecule has 2 aromatic carbocycles. The quantitative estimate of drug-likeness (QED) is 0.622. The third-order valence-corrected chi connectivity index (χ3v) is 6.97. The summed E-state index contributed by atoms with van der Waals surface area (Å²) in [5.74, 6) is -0.223. The van der Waals surface area contributed by atoms with Gasteiger partial charge in [-0.1, -0.05) is 42.1 Å². The maximum Gasteiger partial charge on any atom is 0.242 e. The molecule has 3 aromatic rings. The summed E-state index contributed by atoms with van der Waals surface area (Å²) in [5, 5.41) is 4.18. The second-order valence-corrected chi connectivity index (χ2v) is 9.92. The van der Waals surface area contributed by atoms with Gasteiger partial charge in [-0.3, -0.25) is 4.79 Å². The van der Waals surface area contributed by atoms with E-state index in [-0.39, 0.29) is 10.8 Å². The zero-order valence-corrected chi connectivity index (χ0v) is 17.4. The molecule has 3 rings (SSSR count). The summed E-state index contributed by atoms with van der Waals surface area (Å²) in [5.41, 5.74) is 1.31. The molecule has 146 valence electrons. The van der Waals surface area contributed by atoms with Gasteiger partial charge >= 0.3 is 0 Å². The molecule has 1 N–H and O–H groups in total. The number of carbonyl (C=O) groups is 1. The number of rotatable bonds is 6. The van der Waals surface area contributed by atoms with Gasteiger partial charge in [0.25, 0.3) is 0 Å². The van der Waals surface area contributed by atoms with Crippen molar-refractivity contribution >= 4 is 44.3 Å². The lowest BCUT2D eigenvalue weighted by Crippen LogP contribution is -2.24. The zero-order chi connectivity index (χ0) is 20.3. The van der Waals surface area contributed by atoms with Crippen molar-refractivity contribution in [3.8, 4) is 0 Å². The number of anilines is 1. The fraction of sp³-hybridized carbons (Fsp3) is 0.200. The van der Waals surface area contributed by atoms with Crippen LogP contribution < -0.4 is 5.32 Å². The van der Waals surface area contributed by atoms with Crippen molar-refractivity contribution < 1.29 is 13.2 Å². The molecule has 28 heavy (non-hydrogen) atoms. The minimum Gasteiger partial charge on any atom is -0.325 e. The van der Waals surface area contributed by atoms with E-state index in [0.29, 0.717) is 5.69 Å². The van der Waals surface area contributed by atoms with E-state index in [0.717, 1.165) is 20.2 Å². The maximum absolute atomic E-state index is 12.6. The van der Waals surface area contributed by atoms with E-state index in [1.165, 1.54) is 38.0 Å². The van der Waals surface area contributed by atoms with Gasteiger partial charge < -0.3 is 5.32 Å². The minimum absolute atomic E-state index is 0.131. The third-order valence-electron chi connectivity index (χ3n) is 4.12. The predicted octanol–water partition coefficient (Wildman–Crippen LogP) is 3.60. The number of aromatic nitrogens is 1. The average molecular weight is 416 g/mol. The highest BCUT2D eigenvalue weighted by Crippen LogP contribution is 2.25. The first-order valence-corrected chi connectivity index (χ1v) is 11.0. The van der Waals surface area contributed by atoms with Crippen LogP contribution in [0, 0.1) is 0 Å². The van der Waals surface area contributed by atoms with E-state index in [1.807, 2.05) is 36.4 Å². The van der Waals surface area contributed by atoms with E-state index in [4.69, 9.17) is 0 Å². The van der Waals surface area contributed by atoms with Gasteiger partial charge in [-0.05, 0) is 37.3 Å². The van der Waals surface area contributed by atoms with Gasteiger partial charge in [0.1, 0.15) is 0 Å². The number of benzene rings is 2. The highest BCUT2D eigenvalue weighted by molar-refractivity contribution is 8.00. The number of carbonyl (C=O) groups excluding carboxylic acids is 1. The molecule has 0 saturated carbocycles. The third kappa shape index (κ3) is 4.52. The first kappa shape index (κ1) is 20.3. The number of thioether (sulfide) groups is 1. The Labute approximate surface area is 169 Å². The largest absolute Gasteiger partial charge is 0.325 e. The molecule has 0 aliphatic heterocycles. The van der Waals surface area contributed by atoms with E-state index in [9.17, 15) is 13.2 Å². The van der Waals surface area contributed by atoms with Crippen LogP contribution >= 0.6 is 11.8 Å². The summed E-state index contributed by atoms with van der Waals surface area (Å²) >= 11 is 1.35. The van der Waals surface area contributed by atoms with E-state index >= 15 is 0 Å². The lowest BCUT2D eigenvalue weighted by atomic mass is 10.2. The van der Waals surface area contributed by atoms with Gasteiger partial charge in [-0.25, -0.2) is 17.7 Å². The van der Waals surface area contributed by atoms with Crippen LogP contribution in [0.25, 0.3) is 10.9 Å². The Morgan fingerprint density at radius 3 is 2.57 bits per heavy atom. The van der Waals surface area contributed by atoms with Gasteiger partial charge in [-0.2, -0.15) is 0 Å². The van der Waals surface area contributed by atoms with E-state index in [1.54, 1.807) is 19.1 Å². The second kappa shape index (κ2) is 8.30. The molecule has 0 unspecified atom stereocenters. The summed E-state index contributed by atoms with van der Waals surface area (Å²) < 4.78 is 25.6. The Kier molecular flexibility index (Phi) is 6.02. The van der Waals surface area contributed by atoms with Crippen molar-refractivity contribution in [2.45, 2.75) is 22.1 Å². The van der Waals surface area contributed by atoms with Crippen molar-refractivity contribution in [1.29, 1.82) is 0 Å². The Morgan fingerprint density at radius 2 is 1.82 bits per heavy atom. The zero-order valence-electron chi connectivity index (χ0n) is 15.8. The maximum atomic E-state index is 12.6. The van der Waals surface area contributed by atoms with Gasteiger partial charge in [0.05, 0.1) is 20.7 Å². The number of pyridine rings is 1. The van der Waals surface area contributed by atoms with Crippen LogP contribution in [0.5, 0.6) is 0 Å². The number of sulfonamides is 1. The van der Waals surface area contributed by atoms with Gasteiger partial charge in [0, 0.05) is 25.2 Å². The Bertz CT molecular complexity index is 1110. The van der Waals surface area contributed by atoms with Crippen LogP contribution in [0.1, 0.15) is 6.92 Å². The van der Waals surface area contributed by atoms with Crippen LogP contribution in [0.2, 0.25) is 0 Å². The van der Waals surface area contributed by atoms with Crippen LogP contribution in [-0.4, -0.2) is 43.0 Å². The molecule has 1 atom stereocenters. The summed E-state index contributed by atoms with van der Waals surface area (Å²) in [7, 11) is -0.622. The summed E-state index contributed by atoms with van der Waals surface area (Å²) in [6, 6.07) is 17.9. The topological polar surface area (TPSA) is 79.4 Å². The lowest BCUT2D eigenvalue weighted by molar-refractivity contribution is -0.115. The number of hydrogen-bond acceptors (Lipinski definition) is 5. The van der Waals surface area contributed by atoms with Crippen molar-refractivity contribution in [2.24, 2.45) is 0 Å². The van der Waals surface area contributed by atoms with Gasteiger partial charge in [0.15, 0.2) is 0 Å². The normalized spacial score (nSPS) is 12.9. The molecule has 0 aliphatic carbocycles. The van der Waals surface area contributed by atoms with Crippen molar-refractivity contribution in [3.05, 3.63) is 60.7 Å². The van der Waals surface area contributed by atoms with Crippen LogP contribution in [0.15, 0.2) is 70.6 Å². The fourth-order valence-corrected chi connectivity index (χ4v) is 4.31. The average Bonchev–Trinajstić information content (AvgIpc) is 2.68. The fourth-order valence-electron chi connectivity index (χ4n) is 2.54. The Morgan fingerprint density at radius 1 is 1.07 bits per heavy atom. The monoisotopic (exact) mass is 415 g/mol. The summed E-state index contributed by atoms with van der Waals surface area (Å²) in [4.78, 5) is 17.3. The molecule has 1 heterocycles. The van der Waals surface area contributed by atoms with Crippen LogP contribution in [0.3, 0.4) is 0 Å². The molecule has 0 saturated heterocycles. The SMILES string of the molecule is C[C@@H](Sc1ccc2ccccc2n1)C(=O)Nc1cccc(S(=O)(=O)N(C)C)c1. The highest BCUT2D eigenvalue weighted by Gasteiger charge is 2.19. The number of nitrogens with one attached hydrogen (secondary N) is 1. The van der Waals surface area contributed by atoms with Crippen molar-refractivity contribution in [3.63, 3.8) is 0 Å². The first-order chi connectivity index (χ1) is 13.3. The molecular formula is C20H21N3O3S2. The number of para-hydroxylation sites is 1. The number of nitrogens with zero attached hydrogens (tertiary/aromatic N) is 2. The lowest BCUT2D eigenvalue weighted by Gasteiger charge is -2.14. The molecule has 1 aromatic heterocycles. The Balaban J connectivity index is 1.72. The molecular weight excluding hydrogens is 394 g/mol. The molecule has 0 bridgehead atoms. The molecule has 0 spiro atoms. The highest BCUT2D eigenvalue weighted by atomic mass is 32.2. The van der Waals surface area contributed by atoms with Crippen LogP contribution in [-0.2, 0) is 14.8 Å². The molecule has 6 nitrogen and oxygen atoms in total. The van der Waals surface area contributed by atoms with Crippen LogP contribution in [0.4, 0.5) is 5.69 Å². The van der Waals surface area contributed by atoms with E-state index in [2.05, 4.69) is 10.3 Å². The minimum atomic E-state index is -3.56. The second-order valence-electron chi connectivity index (χ2n) is 6.41.